The number of amides is 2. The number of nitrogens with one attached hydrogen (secondary N) is 1. The summed E-state index contributed by atoms with van der Waals surface area (Å²) in [5.41, 5.74) is 3.26. The second-order valence-electron chi connectivity index (χ2n) is 10.1. The Morgan fingerprint density at radius 3 is 2.60 bits per heavy atom. The van der Waals surface area contributed by atoms with Gasteiger partial charge in [0.25, 0.3) is 5.91 Å². The average Bonchev–Trinajstić information content (AvgIpc) is 2.99. The molecule has 1 unspecified atom stereocenters. The van der Waals surface area contributed by atoms with Crippen molar-refractivity contribution < 1.29 is 19.4 Å². The van der Waals surface area contributed by atoms with Crippen LogP contribution in [-0.2, 0) is 11.3 Å². The standard InChI is InChI=1S/C27H34N4O4/c1-18-14-19(17-32)15-22-23(18)31(25(28-22)29-24(33)20-10-6-5-7-11-20)21-12-8-9-13-30(16-21)26(34)35-27(2,3)4/h5-7,10-11,14-15,21,32H,8-9,12-13,16-17H2,1-4H3,(H,28,29,33). The number of nitrogens with zero attached hydrogens (tertiary/aromatic N) is 3. The van der Waals surface area contributed by atoms with Crippen LogP contribution in [0.25, 0.3) is 11.0 Å². The van der Waals surface area contributed by atoms with Crippen LogP contribution in [-0.4, -0.2) is 50.2 Å². The monoisotopic (exact) mass is 478 g/mol. The van der Waals surface area contributed by atoms with Crippen molar-refractivity contribution in [1.29, 1.82) is 0 Å². The summed E-state index contributed by atoms with van der Waals surface area (Å²) >= 11 is 0. The number of carbonyl (C=O) groups is 2. The van der Waals surface area contributed by atoms with Crippen LogP contribution in [0, 0.1) is 6.92 Å². The van der Waals surface area contributed by atoms with Crippen molar-refractivity contribution >= 4 is 29.0 Å². The molecule has 1 aliphatic heterocycles. The summed E-state index contributed by atoms with van der Waals surface area (Å²) in [4.78, 5) is 32.5. The van der Waals surface area contributed by atoms with Crippen LogP contribution in [0.4, 0.5) is 10.7 Å². The van der Waals surface area contributed by atoms with E-state index in [4.69, 9.17) is 9.72 Å². The number of aliphatic hydroxyl groups is 1. The molecule has 0 aliphatic carbocycles. The lowest BCUT2D eigenvalue weighted by Gasteiger charge is -2.29. The Balaban J connectivity index is 1.75. The Morgan fingerprint density at radius 1 is 1.17 bits per heavy atom. The molecular weight excluding hydrogens is 444 g/mol. The minimum atomic E-state index is -0.577. The molecule has 1 saturated heterocycles. The quantitative estimate of drug-likeness (QED) is 0.547. The lowest BCUT2D eigenvalue weighted by Crippen LogP contribution is -2.39. The molecule has 186 valence electrons. The summed E-state index contributed by atoms with van der Waals surface area (Å²) in [5, 5.41) is 12.7. The lowest BCUT2D eigenvalue weighted by atomic mass is 10.1. The van der Waals surface area contributed by atoms with Gasteiger partial charge in [0, 0.05) is 18.7 Å². The third kappa shape index (κ3) is 5.65. The summed E-state index contributed by atoms with van der Waals surface area (Å²) < 4.78 is 7.71. The maximum Gasteiger partial charge on any atom is 0.410 e. The number of benzene rings is 2. The topological polar surface area (TPSA) is 96.7 Å². The van der Waals surface area contributed by atoms with E-state index in [1.54, 1.807) is 17.0 Å². The summed E-state index contributed by atoms with van der Waals surface area (Å²) in [6.07, 6.45) is 2.31. The van der Waals surface area contributed by atoms with Gasteiger partial charge >= 0.3 is 6.09 Å². The first kappa shape index (κ1) is 24.7. The molecule has 35 heavy (non-hydrogen) atoms. The lowest BCUT2D eigenvalue weighted by molar-refractivity contribution is 0.0238. The van der Waals surface area contributed by atoms with Crippen LogP contribution < -0.4 is 5.32 Å². The maximum absolute atomic E-state index is 13.0. The Bertz CT molecular complexity index is 1210. The number of hydrogen-bond acceptors (Lipinski definition) is 5. The van der Waals surface area contributed by atoms with Crippen molar-refractivity contribution in [3.8, 4) is 0 Å². The summed E-state index contributed by atoms with van der Waals surface area (Å²) in [6, 6.07) is 12.7. The van der Waals surface area contributed by atoms with Gasteiger partial charge in [0.15, 0.2) is 0 Å². The van der Waals surface area contributed by atoms with E-state index >= 15 is 0 Å². The smallest absolute Gasteiger partial charge is 0.410 e. The van der Waals surface area contributed by atoms with Crippen LogP contribution in [0.1, 0.15) is 67.6 Å². The molecule has 1 atom stereocenters. The zero-order chi connectivity index (χ0) is 25.2. The molecular formula is C27H34N4O4. The normalized spacial score (nSPS) is 16.7. The Labute approximate surface area is 205 Å². The number of carbonyl (C=O) groups excluding carboxylic acids is 2. The molecule has 1 fully saturated rings. The highest BCUT2D eigenvalue weighted by Gasteiger charge is 2.30. The van der Waals surface area contributed by atoms with Gasteiger partial charge in [-0.15, -0.1) is 0 Å². The highest BCUT2D eigenvalue weighted by molar-refractivity contribution is 6.04. The number of ether oxygens (including phenoxy) is 1. The van der Waals surface area contributed by atoms with Crippen LogP contribution in [0.15, 0.2) is 42.5 Å². The van der Waals surface area contributed by atoms with Gasteiger partial charge in [-0.25, -0.2) is 9.78 Å². The maximum atomic E-state index is 13.0. The van der Waals surface area contributed by atoms with Crippen LogP contribution in [0.2, 0.25) is 0 Å². The van der Waals surface area contributed by atoms with Crippen molar-refractivity contribution in [2.24, 2.45) is 0 Å². The fourth-order valence-electron chi connectivity index (χ4n) is 4.63. The molecule has 1 aliphatic rings. The summed E-state index contributed by atoms with van der Waals surface area (Å²) in [6.45, 7) is 8.55. The van der Waals surface area contributed by atoms with Gasteiger partial charge in [-0.2, -0.15) is 0 Å². The number of hydrogen-bond donors (Lipinski definition) is 2. The van der Waals surface area contributed by atoms with Crippen molar-refractivity contribution in [3.63, 3.8) is 0 Å². The highest BCUT2D eigenvalue weighted by atomic mass is 16.6. The predicted molar refractivity (Wildman–Crippen MR) is 135 cm³/mol. The van der Waals surface area contributed by atoms with E-state index in [0.717, 1.165) is 35.9 Å². The van der Waals surface area contributed by atoms with E-state index < -0.39 is 5.60 Å². The number of anilines is 1. The largest absolute Gasteiger partial charge is 0.444 e. The number of imidazole rings is 1. The molecule has 8 heteroatoms. The molecule has 3 aromatic rings. The van der Waals surface area contributed by atoms with Crippen LogP contribution in [0.3, 0.4) is 0 Å². The van der Waals surface area contributed by atoms with Crippen molar-refractivity contribution in [1.82, 2.24) is 14.5 Å². The molecule has 2 N–H and O–H groups in total. The number of likely N-dealkylation sites (tertiary alicyclic amines) is 1. The van der Waals surface area contributed by atoms with E-state index in [9.17, 15) is 14.7 Å². The minimum absolute atomic E-state index is 0.0921. The van der Waals surface area contributed by atoms with Gasteiger partial charge in [0.1, 0.15) is 5.60 Å². The molecule has 0 saturated carbocycles. The number of aryl methyl sites for hydroxylation is 1. The SMILES string of the molecule is Cc1cc(CO)cc2nc(NC(=O)c3ccccc3)n(C3CCCCN(C(=O)OC(C)(C)C)C3)c12. The number of fused-ring (bicyclic) bond motifs is 1. The molecule has 0 bridgehead atoms. The van der Waals surface area contributed by atoms with E-state index in [2.05, 4.69) is 9.88 Å². The first-order valence-electron chi connectivity index (χ1n) is 12.1. The fourth-order valence-corrected chi connectivity index (χ4v) is 4.63. The molecule has 2 aromatic carbocycles. The second-order valence-corrected chi connectivity index (χ2v) is 10.1. The molecule has 0 spiro atoms. The highest BCUT2D eigenvalue weighted by Crippen LogP contribution is 2.33. The second kappa shape index (κ2) is 10.1. The van der Waals surface area contributed by atoms with Gasteiger partial charge in [-0.1, -0.05) is 24.3 Å². The molecule has 1 aromatic heterocycles. The van der Waals surface area contributed by atoms with Crippen LogP contribution >= 0.6 is 0 Å². The number of rotatable bonds is 4. The summed E-state index contributed by atoms with van der Waals surface area (Å²) in [7, 11) is 0. The molecule has 2 amide bonds. The van der Waals surface area contributed by atoms with Gasteiger partial charge in [-0.05, 0) is 76.3 Å². The van der Waals surface area contributed by atoms with E-state index in [0.29, 0.717) is 30.1 Å². The first-order valence-corrected chi connectivity index (χ1v) is 12.1. The van der Waals surface area contributed by atoms with Crippen molar-refractivity contribution in [2.45, 2.75) is 65.2 Å². The van der Waals surface area contributed by atoms with E-state index in [1.807, 2.05) is 58.0 Å². The summed E-state index contributed by atoms with van der Waals surface area (Å²) in [5.74, 6) is 0.183. The van der Waals surface area contributed by atoms with Gasteiger partial charge in [0.2, 0.25) is 5.95 Å². The van der Waals surface area contributed by atoms with E-state index in [-0.39, 0.29) is 24.6 Å². The predicted octanol–water partition coefficient (Wildman–Crippen LogP) is 5.05. The number of aromatic nitrogens is 2. The Morgan fingerprint density at radius 2 is 1.91 bits per heavy atom. The third-order valence-corrected chi connectivity index (χ3v) is 6.14. The molecule has 8 nitrogen and oxygen atoms in total. The van der Waals surface area contributed by atoms with Crippen molar-refractivity contribution in [2.75, 3.05) is 18.4 Å². The Kier molecular flexibility index (Phi) is 7.12. The zero-order valence-electron chi connectivity index (χ0n) is 20.9. The van der Waals surface area contributed by atoms with E-state index in [1.165, 1.54) is 0 Å². The average molecular weight is 479 g/mol. The molecule has 0 radical (unpaired) electrons. The Hall–Kier alpha value is -3.39. The zero-order valence-corrected chi connectivity index (χ0v) is 20.9. The third-order valence-electron chi connectivity index (χ3n) is 6.14. The van der Waals surface area contributed by atoms with Gasteiger partial charge < -0.3 is 19.3 Å². The van der Waals surface area contributed by atoms with Crippen LogP contribution in [0.5, 0.6) is 0 Å². The fraction of sp³-hybridized carbons (Fsp3) is 0.444. The van der Waals surface area contributed by atoms with Gasteiger partial charge in [0.05, 0.1) is 23.7 Å². The molecule has 4 rings (SSSR count). The molecule has 2 heterocycles. The number of aliphatic hydroxyl groups excluding tert-OH is 1. The van der Waals surface area contributed by atoms with Gasteiger partial charge in [-0.3, -0.25) is 10.1 Å². The van der Waals surface area contributed by atoms with Crippen molar-refractivity contribution in [3.05, 3.63) is 59.2 Å². The first-order chi connectivity index (χ1) is 16.7. The minimum Gasteiger partial charge on any atom is -0.444 e.